The number of Topliss-reactive ketones (excluding diaryl/α,β-unsaturated/α-hetero) is 1. The molecule has 4 fully saturated rings. The molecule has 0 aromatic rings. The molecule has 0 aliphatic heterocycles. The van der Waals surface area contributed by atoms with Crippen molar-refractivity contribution in [3.05, 3.63) is 0 Å². The summed E-state index contributed by atoms with van der Waals surface area (Å²) in [4.78, 5) is 25.4. The number of ether oxygens (including phenoxy) is 1. The Balaban J connectivity index is 1.52. The minimum absolute atomic E-state index is 0.0358. The van der Waals surface area contributed by atoms with Gasteiger partial charge in [0.15, 0.2) is 5.78 Å². The number of halogens is 1. The van der Waals surface area contributed by atoms with Crippen LogP contribution in [0.25, 0.3) is 0 Å². The number of rotatable bonds is 6. The van der Waals surface area contributed by atoms with Gasteiger partial charge in [0.2, 0.25) is 0 Å². The molecule has 188 valence electrons. The molecule has 0 radical (unpaired) electrons. The average Bonchev–Trinajstić information content (AvgIpc) is 3.07. The lowest BCUT2D eigenvalue weighted by atomic mass is 9.44. The maximum absolute atomic E-state index is 13.8. The van der Waals surface area contributed by atoms with Gasteiger partial charge in [-0.25, -0.2) is 0 Å². The molecule has 4 saturated carbocycles. The minimum atomic E-state index is -0.532. The van der Waals surface area contributed by atoms with Gasteiger partial charge in [-0.3, -0.25) is 9.59 Å². The fourth-order valence-electron chi connectivity index (χ4n) is 9.32. The molecule has 0 amide bonds. The van der Waals surface area contributed by atoms with Crippen LogP contribution in [-0.2, 0) is 14.3 Å². The van der Waals surface area contributed by atoms with Crippen molar-refractivity contribution in [1.82, 2.24) is 0 Å². The van der Waals surface area contributed by atoms with Gasteiger partial charge in [-0.1, -0.05) is 69.8 Å². The molecule has 33 heavy (non-hydrogen) atoms. The summed E-state index contributed by atoms with van der Waals surface area (Å²) in [5.74, 6) is 4.38. The van der Waals surface area contributed by atoms with Crippen LogP contribution in [0.3, 0.4) is 0 Å². The van der Waals surface area contributed by atoms with Gasteiger partial charge in [0.05, 0.1) is 4.32 Å². The number of fused-ring (bicyclic) bond motifs is 5. The number of hydrogen-bond donors (Lipinski definition) is 0. The standard InChI is InChI=1S/C29H47BrO3/c1-18(2)8-7-9-19(3)23-10-11-24-22-16-26(32)29(30)17-21(33-20(4)31)12-15-28(29,6)25(22)13-14-27(23,24)5/h18-19,21-25H,7-17H2,1-6H3/t19-,21-,22-,23+,24-,25-,27+,28+,29-/m0/s1. The average molecular weight is 524 g/mol. The molecule has 9 atom stereocenters. The van der Waals surface area contributed by atoms with Crippen LogP contribution < -0.4 is 0 Å². The van der Waals surface area contributed by atoms with E-state index in [1.165, 1.54) is 51.9 Å². The van der Waals surface area contributed by atoms with E-state index in [2.05, 4.69) is 50.5 Å². The van der Waals surface area contributed by atoms with Crippen molar-refractivity contribution < 1.29 is 14.3 Å². The summed E-state index contributed by atoms with van der Waals surface area (Å²) in [6.07, 6.45) is 12.4. The van der Waals surface area contributed by atoms with Crippen LogP contribution >= 0.6 is 15.9 Å². The first-order chi connectivity index (χ1) is 15.4. The predicted octanol–water partition coefficient (Wildman–Crippen LogP) is 7.74. The fourth-order valence-corrected chi connectivity index (χ4v) is 10.3. The highest BCUT2D eigenvalue weighted by Gasteiger charge is 2.67. The van der Waals surface area contributed by atoms with Crippen LogP contribution in [0.1, 0.15) is 112 Å². The van der Waals surface area contributed by atoms with Crippen LogP contribution in [0.4, 0.5) is 0 Å². The first-order valence-corrected chi connectivity index (χ1v) is 14.6. The van der Waals surface area contributed by atoms with E-state index < -0.39 is 4.32 Å². The third-order valence-electron chi connectivity index (χ3n) is 11.1. The van der Waals surface area contributed by atoms with E-state index >= 15 is 0 Å². The van der Waals surface area contributed by atoms with E-state index in [4.69, 9.17) is 4.74 Å². The molecule has 0 spiro atoms. The van der Waals surface area contributed by atoms with Gasteiger partial charge in [-0.05, 0) is 84.9 Å². The van der Waals surface area contributed by atoms with Crippen molar-refractivity contribution >= 4 is 27.7 Å². The second kappa shape index (κ2) is 9.25. The summed E-state index contributed by atoms with van der Waals surface area (Å²) < 4.78 is 5.05. The van der Waals surface area contributed by atoms with E-state index in [0.717, 1.165) is 30.6 Å². The number of ketones is 1. The maximum atomic E-state index is 13.8. The topological polar surface area (TPSA) is 43.4 Å². The van der Waals surface area contributed by atoms with Crippen LogP contribution in [0.5, 0.6) is 0 Å². The summed E-state index contributed by atoms with van der Waals surface area (Å²) in [5, 5.41) is 0. The summed E-state index contributed by atoms with van der Waals surface area (Å²) in [5.41, 5.74) is 0.363. The van der Waals surface area contributed by atoms with Gasteiger partial charge in [0.1, 0.15) is 6.10 Å². The molecule has 0 aromatic heterocycles. The molecule has 0 aromatic carbocycles. The first kappa shape index (κ1) is 25.7. The second-order valence-corrected chi connectivity index (χ2v) is 14.6. The molecule has 4 aliphatic carbocycles. The van der Waals surface area contributed by atoms with Gasteiger partial charge in [0, 0.05) is 19.8 Å². The van der Waals surface area contributed by atoms with Gasteiger partial charge in [0.25, 0.3) is 0 Å². The van der Waals surface area contributed by atoms with Crippen LogP contribution in [0.15, 0.2) is 0 Å². The highest BCUT2D eigenvalue weighted by molar-refractivity contribution is 9.10. The van der Waals surface area contributed by atoms with Crippen LogP contribution in [0.2, 0.25) is 0 Å². The Morgan fingerprint density at radius 2 is 1.79 bits per heavy atom. The van der Waals surface area contributed by atoms with Crippen molar-refractivity contribution in [3.8, 4) is 0 Å². The van der Waals surface area contributed by atoms with Gasteiger partial charge < -0.3 is 4.74 Å². The zero-order valence-electron chi connectivity index (χ0n) is 21.9. The lowest BCUT2D eigenvalue weighted by molar-refractivity contribution is -0.163. The molecule has 0 saturated heterocycles. The normalized spacial score (nSPS) is 45.8. The fraction of sp³-hybridized carbons (Fsp3) is 0.931. The molecule has 0 heterocycles. The van der Waals surface area contributed by atoms with Gasteiger partial charge in [-0.15, -0.1) is 0 Å². The smallest absolute Gasteiger partial charge is 0.302 e. The summed E-state index contributed by atoms with van der Waals surface area (Å²) in [6.45, 7) is 13.6. The number of esters is 1. The quantitative estimate of drug-likeness (QED) is 0.264. The highest BCUT2D eigenvalue weighted by atomic mass is 79.9. The Morgan fingerprint density at radius 3 is 2.45 bits per heavy atom. The largest absolute Gasteiger partial charge is 0.462 e. The second-order valence-electron chi connectivity index (χ2n) is 13.2. The summed E-state index contributed by atoms with van der Waals surface area (Å²) in [7, 11) is 0. The van der Waals surface area contributed by atoms with E-state index in [1.807, 2.05) is 0 Å². The number of hydrogen-bond acceptors (Lipinski definition) is 3. The van der Waals surface area contributed by atoms with Gasteiger partial charge in [-0.2, -0.15) is 0 Å². The highest BCUT2D eigenvalue weighted by Crippen LogP contribution is 2.70. The SMILES string of the molecule is CC(=O)O[C@H]1CC[C@]2(C)[C@H]3CC[C@]4(C)[C@@H]([C@@H](C)CCCC(C)C)CC[C@H]4[C@@H]3CC(=O)[C@@]2(Br)C1. The third-order valence-corrected chi connectivity index (χ3v) is 12.7. The molecular weight excluding hydrogens is 476 g/mol. The molecule has 0 unspecified atom stereocenters. The lowest BCUT2D eigenvalue weighted by Crippen LogP contribution is -2.64. The van der Waals surface area contributed by atoms with Crippen molar-refractivity contribution in [2.24, 2.45) is 46.3 Å². The Hall–Kier alpha value is -0.380. The lowest BCUT2D eigenvalue weighted by Gasteiger charge is -2.63. The number of carbonyl (C=O) groups excluding carboxylic acids is 2. The van der Waals surface area contributed by atoms with E-state index in [-0.39, 0.29) is 17.5 Å². The number of alkyl halides is 1. The molecule has 0 bridgehead atoms. The van der Waals surface area contributed by atoms with E-state index in [0.29, 0.717) is 41.8 Å². The molecule has 4 heteroatoms. The van der Waals surface area contributed by atoms with Crippen molar-refractivity contribution in [2.75, 3.05) is 0 Å². The van der Waals surface area contributed by atoms with Crippen molar-refractivity contribution in [3.63, 3.8) is 0 Å². The van der Waals surface area contributed by atoms with Crippen LogP contribution in [-0.4, -0.2) is 22.2 Å². The van der Waals surface area contributed by atoms with E-state index in [9.17, 15) is 9.59 Å². The molecular formula is C29H47BrO3. The Labute approximate surface area is 210 Å². The Kier molecular flexibility index (Phi) is 7.20. The molecule has 0 N–H and O–H groups in total. The first-order valence-electron chi connectivity index (χ1n) is 13.8. The minimum Gasteiger partial charge on any atom is -0.462 e. The zero-order chi connectivity index (χ0) is 24.2. The monoisotopic (exact) mass is 522 g/mol. The van der Waals surface area contributed by atoms with Gasteiger partial charge >= 0.3 is 5.97 Å². The van der Waals surface area contributed by atoms with Crippen LogP contribution in [0, 0.1) is 46.3 Å². The molecule has 4 rings (SSSR count). The number of carbonyl (C=O) groups is 2. The molecule has 4 aliphatic rings. The summed E-state index contributed by atoms with van der Waals surface area (Å²) >= 11 is 4.01. The Morgan fingerprint density at radius 1 is 1.06 bits per heavy atom. The Bertz CT molecular complexity index is 764. The van der Waals surface area contributed by atoms with Crippen molar-refractivity contribution in [2.45, 2.75) is 123 Å². The van der Waals surface area contributed by atoms with Crippen molar-refractivity contribution in [1.29, 1.82) is 0 Å². The maximum Gasteiger partial charge on any atom is 0.302 e. The third kappa shape index (κ3) is 4.27. The molecule has 3 nitrogen and oxygen atoms in total. The summed E-state index contributed by atoms with van der Waals surface area (Å²) in [6, 6.07) is 0. The zero-order valence-corrected chi connectivity index (χ0v) is 23.5. The van der Waals surface area contributed by atoms with E-state index in [1.54, 1.807) is 0 Å². The predicted molar refractivity (Wildman–Crippen MR) is 137 cm³/mol.